The van der Waals surface area contributed by atoms with Gasteiger partial charge in [-0.25, -0.2) is 0 Å². The Labute approximate surface area is 122 Å². The second-order valence-electron chi connectivity index (χ2n) is 3.36. The Hall–Kier alpha value is -0.00130. The van der Waals surface area contributed by atoms with E-state index in [1.807, 2.05) is 48.5 Å². The van der Waals surface area contributed by atoms with Crippen molar-refractivity contribution < 1.29 is 0 Å². The molecular formula is C12H12Cl3N2Sn-. The quantitative estimate of drug-likeness (QED) is 0.686. The van der Waals surface area contributed by atoms with E-state index in [-0.39, 0.29) is 6.54 Å². The van der Waals surface area contributed by atoms with E-state index in [1.54, 1.807) is 6.20 Å². The number of rotatable bonds is 2. The van der Waals surface area contributed by atoms with Crippen molar-refractivity contribution in [2.45, 2.75) is 6.54 Å². The molecule has 2 aromatic rings. The Morgan fingerprint density at radius 1 is 0.944 bits per heavy atom. The molecule has 6 heteroatoms. The minimum atomic E-state index is -3.30. The van der Waals surface area contributed by atoms with Gasteiger partial charge in [0, 0.05) is 11.9 Å². The summed E-state index contributed by atoms with van der Waals surface area (Å²) in [6.07, 6.45) is 1.70. The SMILES string of the molecule is [Cl][Sn]([Cl])([Cl])[c]1ccccc1.[NH-]Cc1ccccn1. The van der Waals surface area contributed by atoms with E-state index in [4.69, 9.17) is 32.5 Å². The van der Waals surface area contributed by atoms with Gasteiger partial charge in [-0.15, -0.1) is 6.54 Å². The van der Waals surface area contributed by atoms with E-state index in [0.29, 0.717) is 0 Å². The first kappa shape index (κ1) is 16.1. The first-order valence-electron chi connectivity index (χ1n) is 5.21. The zero-order valence-corrected chi connectivity index (χ0v) is 14.6. The molecule has 0 spiro atoms. The van der Waals surface area contributed by atoms with Gasteiger partial charge in [0.05, 0.1) is 0 Å². The van der Waals surface area contributed by atoms with Crippen LogP contribution in [0.15, 0.2) is 54.7 Å². The molecule has 0 saturated heterocycles. The second kappa shape index (κ2) is 8.23. The van der Waals surface area contributed by atoms with Crippen LogP contribution in [0.1, 0.15) is 5.69 Å². The van der Waals surface area contributed by atoms with E-state index >= 15 is 0 Å². The molecular weight excluding hydrogens is 397 g/mol. The zero-order valence-electron chi connectivity index (χ0n) is 9.48. The molecule has 1 aromatic carbocycles. The van der Waals surface area contributed by atoms with Crippen molar-refractivity contribution in [2.24, 2.45) is 0 Å². The Bertz CT molecular complexity index is 446. The van der Waals surface area contributed by atoms with Crippen molar-refractivity contribution in [2.75, 3.05) is 0 Å². The maximum atomic E-state index is 6.88. The number of hydrogen-bond donors (Lipinski definition) is 0. The van der Waals surface area contributed by atoms with E-state index in [0.717, 1.165) is 9.27 Å². The van der Waals surface area contributed by atoms with Gasteiger partial charge in [0.15, 0.2) is 0 Å². The van der Waals surface area contributed by atoms with Crippen LogP contribution in [0.3, 0.4) is 0 Å². The summed E-state index contributed by atoms with van der Waals surface area (Å²) >= 11 is -3.30. The molecule has 2 rings (SSSR count). The van der Waals surface area contributed by atoms with Crippen molar-refractivity contribution in [3.05, 3.63) is 66.2 Å². The van der Waals surface area contributed by atoms with Crippen LogP contribution < -0.4 is 3.58 Å². The zero-order chi connectivity index (χ0) is 13.4. The van der Waals surface area contributed by atoms with E-state index in [9.17, 15) is 0 Å². The predicted octanol–water partition coefficient (Wildman–Crippen LogP) is 4.18. The van der Waals surface area contributed by atoms with Gasteiger partial charge in [-0.2, -0.15) is 0 Å². The van der Waals surface area contributed by atoms with Gasteiger partial charge in [-0.05, 0) is 12.1 Å². The van der Waals surface area contributed by atoms with Crippen LogP contribution in [0, 0.1) is 0 Å². The van der Waals surface area contributed by atoms with Gasteiger partial charge >= 0.3 is 75.7 Å². The van der Waals surface area contributed by atoms with Gasteiger partial charge in [0.1, 0.15) is 0 Å². The fraction of sp³-hybridized carbons (Fsp3) is 0.0833. The molecule has 0 aliphatic heterocycles. The monoisotopic (exact) mass is 409 g/mol. The minimum Gasteiger partial charge on any atom is -0.672 e. The summed E-state index contributed by atoms with van der Waals surface area (Å²) in [4.78, 5) is 3.91. The Kier molecular flexibility index (Phi) is 7.34. The molecule has 0 saturated carbocycles. The fourth-order valence-electron chi connectivity index (χ4n) is 1.13. The molecule has 0 fully saturated rings. The summed E-state index contributed by atoms with van der Waals surface area (Å²) < 4.78 is 0.904. The van der Waals surface area contributed by atoms with Crippen LogP contribution in [0.25, 0.3) is 5.73 Å². The van der Waals surface area contributed by atoms with Crippen molar-refractivity contribution in [1.82, 2.24) is 4.98 Å². The van der Waals surface area contributed by atoms with Crippen LogP contribution in [0.2, 0.25) is 0 Å². The molecule has 0 aliphatic carbocycles. The third-order valence-electron chi connectivity index (χ3n) is 2.01. The van der Waals surface area contributed by atoms with Crippen molar-refractivity contribution in [3.8, 4) is 0 Å². The number of benzene rings is 1. The topological polar surface area (TPSA) is 36.7 Å². The summed E-state index contributed by atoms with van der Waals surface area (Å²) in [5.41, 5.74) is 7.71. The summed E-state index contributed by atoms with van der Waals surface area (Å²) in [6.45, 7) is 0.279. The molecule has 96 valence electrons. The van der Waals surface area contributed by atoms with Crippen LogP contribution in [0.4, 0.5) is 0 Å². The van der Waals surface area contributed by atoms with Gasteiger partial charge in [-0.1, -0.05) is 6.07 Å². The minimum absolute atomic E-state index is 0.279. The molecule has 1 N–H and O–H groups in total. The molecule has 1 heterocycles. The van der Waals surface area contributed by atoms with E-state index < -0.39 is 15.0 Å². The first-order chi connectivity index (χ1) is 8.54. The van der Waals surface area contributed by atoms with Crippen LogP contribution in [-0.2, 0) is 6.54 Å². The molecule has 0 aliphatic rings. The Morgan fingerprint density at radius 2 is 1.56 bits per heavy atom. The molecule has 0 amide bonds. The second-order valence-corrected chi connectivity index (χ2v) is 23.2. The number of aromatic nitrogens is 1. The van der Waals surface area contributed by atoms with E-state index in [2.05, 4.69) is 4.98 Å². The third-order valence-corrected chi connectivity index (χ3v) is 9.22. The van der Waals surface area contributed by atoms with Gasteiger partial charge < -0.3 is 5.73 Å². The third kappa shape index (κ3) is 6.25. The van der Waals surface area contributed by atoms with Crippen molar-refractivity contribution >= 4 is 45.3 Å². The summed E-state index contributed by atoms with van der Waals surface area (Å²) in [6, 6.07) is 15.0. The molecule has 18 heavy (non-hydrogen) atoms. The number of pyridine rings is 1. The number of nitrogens with zero attached hydrogens (tertiary/aromatic N) is 1. The maximum Gasteiger partial charge on any atom is 0.0270 e. The van der Waals surface area contributed by atoms with Crippen LogP contribution in [0.5, 0.6) is 0 Å². The smallest absolute Gasteiger partial charge is 0.0270 e. The van der Waals surface area contributed by atoms with Crippen molar-refractivity contribution in [1.29, 1.82) is 0 Å². The molecule has 0 unspecified atom stereocenters. The molecule has 0 bridgehead atoms. The molecule has 0 radical (unpaired) electrons. The van der Waals surface area contributed by atoms with Gasteiger partial charge in [0.25, 0.3) is 0 Å². The van der Waals surface area contributed by atoms with E-state index in [1.165, 1.54) is 0 Å². The van der Waals surface area contributed by atoms with Gasteiger partial charge in [0.2, 0.25) is 0 Å². The van der Waals surface area contributed by atoms with Crippen molar-refractivity contribution in [3.63, 3.8) is 0 Å². The van der Waals surface area contributed by atoms with Crippen LogP contribution in [-0.4, -0.2) is 20.0 Å². The number of halogens is 3. The molecule has 2 nitrogen and oxygen atoms in total. The summed E-state index contributed by atoms with van der Waals surface area (Å²) in [7, 11) is 17.4. The Balaban J connectivity index is 0.000000184. The largest absolute Gasteiger partial charge is 0.672 e. The molecule has 1 aromatic heterocycles. The number of hydrogen-bond acceptors (Lipinski definition) is 1. The normalized spacial score (nSPS) is 10.4. The summed E-state index contributed by atoms with van der Waals surface area (Å²) in [5, 5.41) is 0. The summed E-state index contributed by atoms with van der Waals surface area (Å²) in [5.74, 6) is 0. The maximum absolute atomic E-state index is 6.88. The Morgan fingerprint density at radius 3 is 1.89 bits per heavy atom. The number of nitrogens with one attached hydrogen (secondary N) is 1. The fourth-order valence-corrected chi connectivity index (χ4v) is 5.29. The average Bonchev–Trinajstić information content (AvgIpc) is 2.40. The first-order valence-corrected chi connectivity index (χ1v) is 17.5. The van der Waals surface area contributed by atoms with Gasteiger partial charge in [-0.3, -0.25) is 4.98 Å². The molecule has 0 atom stereocenters. The average molecular weight is 409 g/mol. The predicted molar refractivity (Wildman–Crippen MR) is 81.7 cm³/mol. The van der Waals surface area contributed by atoms with Crippen LogP contribution >= 0.6 is 26.8 Å². The standard InChI is InChI=1S/C6H7N2.C6H5.3ClH.Sn/c7-5-6-3-1-2-4-8-6;1-2-4-6-5-3-1;;;;/h1-4,7H,5H2;1-5H;3*1H;/q-1;;;;;+3/p-3.